The second-order valence-corrected chi connectivity index (χ2v) is 4.73. The molecule has 1 aromatic rings. The van der Waals surface area contributed by atoms with E-state index < -0.39 is 0 Å². The molecular formula is C14H24ClN3O. The average Bonchev–Trinajstić information content (AvgIpc) is 2.31. The van der Waals surface area contributed by atoms with Crippen LogP contribution in [0.4, 0.5) is 0 Å². The van der Waals surface area contributed by atoms with Crippen LogP contribution in [0.5, 0.6) is 0 Å². The van der Waals surface area contributed by atoms with E-state index in [4.69, 9.17) is 5.73 Å². The van der Waals surface area contributed by atoms with Gasteiger partial charge in [-0.15, -0.1) is 12.4 Å². The van der Waals surface area contributed by atoms with E-state index in [9.17, 15) is 4.79 Å². The Balaban J connectivity index is 0.00000324. The molecule has 0 radical (unpaired) electrons. The molecule has 0 aliphatic carbocycles. The molecule has 1 amide bonds. The number of aryl methyl sites for hydroxylation is 1. The predicted octanol–water partition coefficient (Wildman–Crippen LogP) is 1.48. The number of benzene rings is 1. The van der Waals surface area contributed by atoms with Gasteiger partial charge >= 0.3 is 0 Å². The van der Waals surface area contributed by atoms with Crippen LogP contribution < -0.4 is 11.1 Å². The minimum Gasteiger partial charge on any atom is -0.354 e. The number of amides is 1. The lowest BCUT2D eigenvalue weighted by atomic mass is 10.0. The first kappa shape index (κ1) is 17.9. The molecule has 0 heterocycles. The van der Waals surface area contributed by atoms with E-state index in [1.807, 2.05) is 14.1 Å². The molecule has 0 aliphatic heterocycles. The fourth-order valence-electron chi connectivity index (χ4n) is 1.82. The summed E-state index contributed by atoms with van der Waals surface area (Å²) < 4.78 is 0. The highest BCUT2D eigenvalue weighted by Crippen LogP contribution is 2.17. The Morgan fingerprint density at radius 1 is 1.32 bits per heavy atom. The molecule has 1 rings (SSSR count). The van der Waals surface area contributed by atoms with Crippen molar-refractivity contribution in [1.82, 2.24) is 10.2 Å². The van der Waals surface area contributed by atoms with Gasteiger partial charge in [-0.3, -0.25) is 4.79 Å². The van der Waals surface area contributed by atoms with Crippen molar-refractivity contribution in [3.8, 4) is 0 Å². The van der Waals surface area contributed by atoms with Crippen molar-refractivity contribution < 1.29 is 4.79 Å². The van der Waals surface area contributed by atoms with Crippen molar-refractivity contribution in [3.05, 3.63) is 35.4 Å². The van der Waals surface area contributed by atoms with Crippen LogP contribution >= 0.6 is 12.4 Å². The molecule has 0 bridgehead atoms. The van der Waals surface area contributed by atoms with Crippen LogP contribution in [0.1, 0.15) is 23.6 Å². The second kappa shape index (κ2) is 8.91. The Morgan fingerprint density at radius 3 is 2.37 bits per heavy atom. The molecule has 0 aromatic heterocycles. The van der Waals surface area contributed by atoms with Gasteiger partial charge in [0, 0.05) is 19.5 Å². The van der Waals surface area contributed by atoms with Gasteiger partial charge in [0.1, 0.15) is 0 Å². The van der Waals surface area contributed by atoms with Gasteiger partial charge in [-0.1, -0.05) is 29.8 Å². The zero-order valence-electron chi connectivity index (χ0n) is 11.8. The van der Waals surface area contributed by atoms with Crippen molar-refractivity contribution in [2.45, 2.75) is 19.4 Å². The third kappa shape index (κ3) is 6.05. The summed E-state index contributed by atoms with van der Waals surface area (Å²) in [5, 5.41) is 2.92. The van der Waals surface area contributed by atoms with E-state index in [1.165, 1.54) is 11.1 Å². The third-order valence-corrected chi connectivity index (χ3v) is 2.95. The van der Waals surface area contributed by atoms with E-state index in [1.54, 1.807) is 0 Å². The van der Waals surface area contributed by atoms with E-state index in [-0.39, 0.29) is 24.4 Å². The molecule has 1 unspecified atom stereocenters. The van der Waals surface area contributed by atoms with Gasteiger partial charge < -0.3 is 16.0 Å². The van der Waals surface area contributed by atoms with Gasteiger partial charge in [-0.2, -0.15) is 0 Å². The van der Waals surface area contributed by atoms with E-state index in [0.717, 1.165) is 0 Å². The van der Waals surface area contributed by atoms with Crippen LogP contribution in [-0.2, 0) is 4.79 Å². The van der Waals surface area contributed by atoms with Gasteiger partial charge in [0.05, 0.1) is 6.04 Å². The molecule has 0 saturated carbocycles. The first-order chi connectivity index (χ1) is 8.54. The van der Waals surface area contributed by atoms with Crippen LogP contribution in [0.3, 0.4) is 0 Å². The summed E-state index contributed by atoms with van der Waals surface area (Å²) >= 11 is 0. The number of carbonyl (C=O) groups is 1. The lowest BCUT2D eigenvalue weighted by Crippen LogP contribution is -2.35. The molecule has 5 heteroatoms. The van der Waals surface area contributed by atoms with Crippen molar-refractivity contribution in [3.63, 3.8) is 0 Å². The number of hydrogen-bond acceptors (Lipinski definition) is 3. The van der Waals surface area contributed by atoms with Gasteiger partial charge in [-0.25, -0.2) is 0 Å². The van der Waals surface area contributed by atoms with Crippen molar-refractivity contribution in [1.29, 1.82) is 0 Å². The highest BCUT2D eigenvalue weighted by Gasteiger charge is 2.14. The topological polar surface area (TPSA) is 58.4 Å². The second-order valence-electron chi connectivity index (χ2n) is 4.73. The number of carbonyl (C=O) groups excluding carboxylic acids is 1. The molecular weight excluding hydrogens is 262 g/mol. The molecule has 1 aromatic carbocycles. The molecule has 1 atom stereocenters. The molecule has 0 spiro atoms. The number of hydrogen-bond donors (Lipinski definition) is 2. The van der Waals surface area contributed by atoms with Crippen LogP contribution in [0, 0.1) is 6.92 Å². The number of nitrogens with two attached hydrogens (primary N) is 1. The summed E-state index contributed by atoms with van der Waals surface area (Å²) in [6, 6.07) is 8.58. The Kier molecular flexibility index (Phi) is 8.39. The summed E-state index contributed by atoms with van der Waals surface area (Å²) in [6.45, 7) is 3.06. The van der Waals surface area contributed by atoms with Crippen LogP contribution in [0.2, 0.25) is 0 Å². The lowest BCUT2D eigenvalue weighted by Gasteiger charge is -2.25. The number of halogens is 1. The Bertz CT molecular complexity index is 379. The largest absolute Gasteiger partial charge is 0.354 e. The standard InChI is InChI=1S/C14H23N3O.ClH/c1-11-4-6-12(7-5-11)13(17(2)3)10-16-14(18)8-9-15;/h4-7,13H,8-10,15H2,1-3H3,(H,16,18);1H. The van der Waals surface area contributed by atoms with Gasteiger partial charge in [0.15, 0.2) is 0 Å². The Morgan fingerprint density at radius 2 is 1.89 bits per heavy atom. The minimum absolute atomic E-state index is 0. The summed E-state index contributed by atoms with van der Waals surface area (Å²) in [4.78, 5) is 13.6. The van der Waals surface area contributed by atoms with E-state index >= 15 is 0 Å². The highest BCUT2D eigenvalue weighted by atomic mass is 35.5. The highest BCUT2D eigenvalue weighted by molar-refractivity contribution is 5.85. The normalized spacial score (nSPS) is 11.8. The predicted molar refractivity (Wildman–Crippen MR) is 81.5 cm³/mol. The monoisotopic (exact) mass is 285 g/mol. The van der Waals surface area contributed by atoms with Crippen LogP contribution in [0.15, 0.2) is 24.3 Å². The fourth-order valence-corrected chi connectivity index (χ4v) is 1.82. The average molecular weight is 286 g/mol. The summed E-state index contributed by atoms with van der Waals surface area (Å²) in [7, 11) is 4.03. The van der Waals surface area contributed by atoms with Crippen molar-refractivity contribution in [2.75, 3.05) is 27.2 Å². The molecule has 0 fully saturated rings. The summed E-state index contributed by atoms with van der Waals surface area (Å²) in [6.07, 6.45) is 0.383. The maximum Gasteiger partial charge on any atom is 0.221 e. The first-order valence-electron chi connectivity index (χ1n) is 6.24. The zero-order valence-corrected chi connectivity index (χ0v) is 12.7. The lowest BCUT2D eigenvalue weighted by molar-refractivity contribution is -0.121. The fraction of sp³-hybridized carbons (Fsp3) is 0.500. The molecule has 3 N–H and O–H groups in total. The SMILES string of the molecule is Cc1ccc(C(CNC(=O)CCN)N(C)C)cc1.Cl. The van der Waals surface area contributed by atoms with E-state index in [2.05, 4.69) is 41.4 Å². The number of nitrogens with one attached hydrogen (secondary N) is 1. The van der Waals surface area contributed by atoms with Crippen LogP contribution in [0.25, 0.3) is 0 Å². The van der Waals surface area contributed by atoms with Gasteiger partial charge in [0.25, 0.3) is 0 Å². The van der Waals surface area contributed by atoms with Crippen LogP contribution in [-0.4, -0.2) is 38.0 Å². The third-order valence-electron chi connectivity index (χ3n) is 2.95. The number of rotatable bonds is 6. The molecule has 0 saturated heterocycles. The quantitative estimate of drug-likeness (QED) is 0.832. The smallest absolute Gasteiger partial charge is 0.221 e. The Labute approximate surface area is 121 Å². The summed E-state index contributed by atoms with van der Waals surface area (Å²) in [5.74, 6) is 0.0106. The molecule has 108 valence electrons. The molecule has 4 nitrogen and oxygen atoms in total. The zero-order chi connectivity index (χ0) is 13.5. The maximum atomic E-state index is 11.4. The Hall–Kier alpha value is -1.10. The molecule has 19 heavy (non-hydrogen) atoms. The maximum absolute atomic E-state index is 11.4. The first-order valence-corrected chi connectivity index (χ1v) is 6.24. The van der Waals surface area contributed by atoms with Crippen molar-refractivity contribution >= 4 is 18.3 Å². The van der Waals surface area contributed by atoms with E-state index in [0.29, 0.717) is 19.5 Å². The minimum atomic E-state index is 0. The molecule has 0 aliphatic rings. The van der Waals surface area contributed by atoms with Gasteiger partial charge in [0.2, 0.25) is 5.91 Å². The van der Waals surface area contributed by atoms with Crippen molar-refractivity contribution in [2.24, 2.45) is 5.73 Å². The summed E-state index contributed by atoms with van der Waals surface area (Å²) in [5.41, 5.74) is 7.80. The van der Waals surface area contributed by atoms with Gasteiger partial charge in [-0.05, 0) is 26.6 Å². The number of nitrogens with zero attached hydrogens (tertiary/aromatic N) is 1. The number of likely N-dealkylation sites (N-methyl/N-ethyl adjacent to an activating group) is 1.